The highest BCUT2D eigenvalue weighted by Crippen LogP contribution is 2.29. The quantitative estimate of drug-likeness (QED) is 0.841. The van der Waals surface area contributed by atoms with Gasteiger partial charge in [-0.1, -0.05) is 18.2 Å². The van der Waals surface area contributed by atoms with Crippen LogP contribution in [0.15, 0.2) is 59.5 Å². The van der Waals surface area contributed by atoms with Crippen LogP contribution in [0.3, 0.4) is 0 Å². The molecule has 0 aliphatic carbocycles. The summed E-state index contributed by atoms with van der Waals surface area (Å²) in [5, 5.41) is 0. The van der Waals surface area contributed by atoms with E-state index in [0.717, 1.165) is 0 Å². The summed E-state index contributed by atoms with van der Waals surface area (Å²) in [4.78, 5) is 0.269. The van der Waals surface area contributed by atoms with Gasteiger partial charge < -0.3 is 9.47 Å². The third-order valence-corrected chi connectivity index (χ3v) is 5.70. The number of sulfone groups is 1. The Bertz CT molecular complexity index is 744. The average molecular weight is 336 g/mol. The molecule has 3 rings (SSSR count). The maximum Gasteiger partial charge on any atom is 0.205 e. The molecule has 0 amide bonds. The lowest BCUT2D eigenvalue weighted by Crippen LogP contribution is -2.24. The van der Waals surface area contributed by atoms with Gasteiger partial charge in [0.15, 0.2) is 5.44 Å². The van der Waals surface area contributed by atoms with Crippen molar-refractivity contribution in [1.82, 2.24) is 0 Å². The second-order valence-corrected chi connectivity index (χ2v) is 7.48. The highest BCUT2D eigenvalue weighted by molar-refractivity contribution is 7.92. The van der Waals surface area contributed by atoms with Crippen molar-refractivity contribution in [3.05, 3.63) is 60.4 Å². The molecule has 2 atom stereocenters. The average Bonchev–Trinajstić information content (AvgIpc) is 3.05. The molecule has 1 heterocycles. The number of benzene rings is 2. The van der Waals surface area contributed by atoms with Crippen LogP contribution in [0.4, 0.5) is 4.39 Å². The molecule has 23 heavy (non-hydrogen) atoms. The Morgan fingerprint density at radius 2 is 1.74 bits per heavy atom. The van der Waals surface area contributed by atoms with Crippen LogP contribution in [-0.2, 0) is 14.6 Å². The summed E-state index contributed by atoms with van der Waals surface area (Å²) in [5.41, 5.74) is -0.841. The Kier molecular flexibility index (Phi) is 4.63. The van der Waals surface area contributed by atoms with Crippen LogP contribution >= 0.6 is 0 Å². The highest BCUT2D eigenvalue weighted by Gasteiger charge is 2.36. The molecule has 0 saturated carbocycles. The Balaban J connectivity index is 1.59. The van der Waals surface area contributed by atoms with Gasteiger partial charge in [-0.15, -0.1) is 0 Å². The van der Waals surface area contributed by atoms with Crippen molar-refractivity contribution < 1.29 is 22.3 Å². The molecule has 0 bridgehead atoms. The standard InChI is InChI=1S/C17H17FO4S/c18-13-6-8-14(9-7-13)21-12-15-10-11-17(22-15)23(19,20)16-4-2-1-3-5-16/h1-9,15,17H,10-12H2. The summed E-state index contributed by atoms with van der Waals surface area (Å²) in [6.45, 7) is 0.243. The zero-order valence-corrected chi connectivity index (χ0v) is 13.2. The summed E-state index contributed by atoms with van der Waals surface area (Å²) in [7, 11) is -3.49. The van der Waals surface area contributed by atoms with Gasteiger partial charge in [0.05, 0.1) is 11.0 Å². The second-order valence-electron chi connectivity index (χ2n) is 5.39. The predicted molar refractivity (Wildman–Crippen MR) is 83.4 cm³/mol. The molecule has 1 aliphatic heterocycles. The van der Waals surface area contributed by atoms with Crippen LogP contribution in [0.25, 0.3) is 0 Å². The minimum atomic E-state index is -3.49. The minimum Gasteiger partial charge on any atom is -0.491 e. The molecule has 1 fully saturated rings. The van der Waals surface area contributed by atoms with Gasteiger partial charge in [-0.2, -0.15) is 0 Å². The molecule has 0 spiro atoms. The summed E-state index contributed by atoms with van der Waals surface area (Å²) >= 11 is 0. The third-order valence-electron chi connectivity index (χ3n) is 3.74. The fourth-order valence-electron chi connectivity index (χ4n) is 2.51. The zero-order chi connectivity index (χ0) is 16.3. The molecule has 4 nitrogen and oxygen atoms in total. The van der Waals surface area contributed by atoms with Gasteiger partial charge in [0.1, 0.15) is 18.2 Å². The first-order chi connectivity index (χ1) is 11.1. The van der Waals surface area contributed by atoms with Crippen molar-refractivity contribution in [2.45, 2.75) is 29.3 Å². The largest absolute Gasteiger partial charge is 0.491 e. The van der Waals surface area contributed by atoms with Crippen LogP contribution < -0.4 is 4.74 Å². The van der Waals surface area contributed by atoms with Crippen LogP contribution in [0, 0.1) is 5.82 Å². The number of rotatable bonds is 5. The first-order valence-electron chi connectivity index (χ1n) is 7.38. The normalized spacial score (nSPS) is 21.3. The highest BCUT2D eigenvalue weighted by atomic mass is 32.2. The summed E-state index contributed by atoms with van der Waals surface area (Å²) in [5.74, 6) is 0.202. The lowest BCUT2D eigenvalue weighted by atomic mass is 10.2. The number of ether oxygens (including phenoxy) is 2. The first kappa shape index (κ1) is 16.0. The van der Waals surface area contributed by atoms with Gasteiger partial charge in [0.25, 0.3) is 0 Å². The second kappa shape index (κ2) is 6.68. The number of halogens is 1. The van der Waals surface area contributed by atoms with E-state index in [0.29, 0.717) is 18.6 Å². The van der Waals surface area contributed by atoms with Crippen LogP contribution in [-0.4, -0.2) is 26.6 Å². The lowest BCUT2D eigenvalue weighted by Gasteiger charge is -2.15. The molecular formula is C17H17FO4S. The molecule has 2 aromatic rings. The van der Waals surface area contributed by atoms with E-state index in [-0.39, 0.29) is 23.4 Å². The molecular weight excluding hydrogens is 319 g/mol. The van der Waals surface area contributed by atoms with E-state index < -0.39 is 15.3 Å². The SMILES string of the molecule is O=S(=O)(c1ccccc1)C1CCC(COc2ccc(F)cc2)O1. The molecule has 2 unspecified atom stereocenters. The Morgan fingerprint density at radius 1 is 1.04 bits per heavy atom. The van der Waals surface area contributed by atoms with Gasteiger partial charge >= 0.3 is 0 Å². The fraction of sp³-hybridized carbons (Fsp3) is 0.294. The summed E-state index contributed by atoms with van der Waals surface area (Å²) < 4.78 is 49.0. The van der Waals surface area contributed by atoms with Gasteiger partial charge in [-0.3, -0.25) is 0 Å². The predicted octanol–water partition coefficient (Wildman–Crippen LogP) is 3.18. The molecule has 1 aliphatic rings. The van der Waals surface area contributed by atoms with Crippen molar-refractivity contribution in [3.63, 3.8) is 0 Å². The van der Waals surface area contributed by atoms with E-state index >= 15 is 0 Å². The molecule has 122 valence electrons. The maximum absolute atomic E-state index is 12.8. The number of hydrogen-bond donors (Lipinski definition) is 0. The van der Waals surface area contributed by atoms with Gasteiger partial charge in [-0.05, 0) is 49.2 Å². The topological polar surface area (TPSA) is 52.6 Å². The van der Waals surface area contributed by atoms with Crippen molar-refractivity contribution in [2.75, 3.05) is 6.61 Å². The van der Waals surface area contributed by atoms with Crippen molar-refractivity contribution in [2.24, 2.45) is 0 Å². The van der Waals surface area contributed by atoms with Crippen molar-refractivity contribution >= 4 is 9.84 Å². The number of hydrogen-bond acceptors (Lipinski definition) is 4. The zero-order valence-electron chi connectivity index (χ0n) is 12.4. The Morgan fingerprint density at radius 3 is 2.43 bits per heavy atom. The van der Waals surface area contributed by atoms with Crippen molar-refractivity contribution in [1.29, 1.82) is 0 Å². The van der Waals surface area contributed by atoms with E-state index in [2.05, 4.69) is 0 Å². The molecule has 2 aromatic carbocycles. The Labute approximate surface area is 134 Å². The maximum atomic E-state index is 12.8. The van der Waals surface area contributed by atoms with Gasteiger partial charge in [-0.25, -0.2) is 12.8 Å². The minimum absolute atomic E-state index is 0.243. The first-order valence-corrected chi connectivity index (χ1v) is 8.93. The molecule has 0 N–H and O–H groups in total. The molecule has 1 saturated heterocycles. The van der Waals surface area contributed by atoms with Crippen LogP contribution in [0.2, 0.25) is 0 Å². The molecule has 6 heteroatoms. The molecule has 0 aromatic heterocycles. The van der Waals surface area contributed by atoms with E-state index in [1.807, 2.05) is 0 Å². The fourth-order valence-corrected chi connectivity index (χ4v) is 4.10. The smallest absolute Gasteiger partial charge is 0.205 e. The molecule has 0 radical (unpaired) electrons. The van der Waals surface area contributed by atoms with E-state index in [9.17, 15) is 12.8 Å². The third kappa shape index (κ3) is 3.71. The van der Waals surface area contributed by atoms with Crippen LogP contribution in [0.1, 0.15) is 12.8 Å². The van der Waals surface area contributed by atoms with Crippen molar-refractivity contribution in [3.8, 4) is 5.75 Å². The van der Waals surface area contributed by atoms with E-state index in [1.165, 1.54) is 24.3 Å². The Hall–Kier alpha value is -1.92. The van der Waals surface area contributed by atoms with Crippen LogP contribution in [0.5, 0.6) is 5.75 Å². The van der Waals surface area contributed by atoms with E-state index in [1.54, 1.807) is 30.3 Å². The lowest BCUT2D eigenvalue weighted by molar-refractivity contribution is 0.0504. The monoisotopic (exact) mass is 336 g/mol. The summed E-state index contributed by atoms with van der Waals surface area (Å²) in [6.07, 6.45) is 0.760. The van der Waals surface area contributed by atoms with Gasteiger partial charge in [0.2, 0.25) is 9.84 Å². The summed E-state index contributed by atoms with van der Waals surface area (Å²) in [6, 6.07) is 14.0. The van der Waals surface area contributed by atoms with Gasteiger partial charge in [0, 0.05) is 0 Å². The van der Waals surface area contributed by atoms with E-state index in [4.69, 9.17) is 9.47 Å².